The normalized spacial score (nSPS) is 10.7. The quantitative estimate of drug-likeness (QED) is 0.751. The Bertz CT molecular complexity index is 757. The molecule has 0 unspecified atom stereocenters. The van der Waals surface area contributed by atoms with Gasteiger partial charge in [-0.15, -0.1) is 11.6 Å². The van der Waals surface area contributed by atoms with Crippen molar-refractivity contribution in [3.8, 4) is 0 Å². The fraction of sp³-hybridized carbons (Fsp3) is 0.0714. The summed E-state index contributed by atoms with van der Waals surface area (Å²) in [7, 11) is 0. The first-order chi connectivity index (χ1) is 9.76. The summed E-state index contributed by atoms with van der Waals surface area (Å²) >= 11 is 7.16. The van der Waals surface area contributed by atoms with Crippen LogP contribution in [-0.4, -0.2) is 15.9 Å². The summed E-state index contributed by atoms with van der Waals surface area (Å²) in [6, 6.07) is 10.9. The van der Waals surface area contributed by atoms with Crippen LogP contribution in [0.3, 0.4) is 0 Å². The molecule has 3 aromatic rings. The summed E-state index contributed by atoms with van der Waals surface area (Å²) in [4.78, 5) is 20.5. The maximum Gasteiger partial charge on any atom is 0.257 e. The SMILES string of the molecule is O=C(Nc1nc2cnc(CCl)cc2s1)c1ccccc1. The lowest BCUT2D eigenvalue weighted by atomic mass is 10.2. The van der Waals surface area contributed by atoms with E-state index in [9.17, 15) is 4.79 Å². The molecule has 0 spiro atoms. The average Bonchev–Trinajstić information content (AvgIpc) is 2.89. The molecule has 100 valence electrons. The molecule has 20 heavy (non-hydrogen) atoms. The highest BCUT2D eigenvalue weighted by molar-refractivity contribution is 7.22. The molecular weight excluding hydrogens is 294 g/mol. The van der Waals surface area contributed by atoms with E-state index in [1.165, 1.54) is 11.3 Å². The number of rotatable bonds is 3. The van der Waals surface area contributed by atoms with Crippen LogP contribution in [0.2, 0.25) is 0 Å². The van der Waals surface area contributed by atoms with Crippen molar-refractivity contribution in [1.29, 1.82) is 0 Å². The molecule has 2 heterocycles. The topological polar surface area (TPSA) is 54.9 Å². The molecule has 1 aromatic carbocycles. The van der Waals surface area contributed by atoms with Gasteiger partial charge in [-0.05, 0) is 18.2 Å². The number of aromatic nitrogens is 2. The Morgan fingerprint density at radius 3 is 2.85 bits per heavy atom. The highest BCUT2D eigenvalue weighted by atomic mass is 35.5. The van der Waals surface area contributed by atoms with Gasteiger partial charge in [0.15, 0.2) is 5.13 Å². The second-order valence-electron chi connectivity index (χ2n) is 4.12. The molecule has 0 fully saturated rings. The van der Waals surface area contributed by atoms with Gasteiger partial charge in [0, 0.05) is 5.56 Å². The Labute approximate surface area is 124 Å². The molecule has 0 atom stereocenters. The molecule has 3 rings (SSSR count). The third-order valence-corrected chi connectivity index (χ3v) is 3.93. The lowest BCUT2D eigenvalue weighted by molar-refractivity contribution is 0.102. The van der Waals surface area contributed by atoms with E-state index in [0.717, 1.165) is 15.9 Å². The first kappa shape index (κ1) is 13.0. The maximum absolute atomic E-state index is 12.0. The van der Waals surface area contributed by atoms with Gasteiger partial charge < -0.3 is 0 Å². The molecule has 0 aliphatic heterocycles. The predicted molar refractivity (Wildman–Crippen MR) is 81.4 cm³/mol. The van der Waals surface area contributed by atoms with E-state index in [4.69, 9.17) is 11.6 Å². The van der Waals surface area contributed by atoms with Crippen molar-refractivity contribution >= 4 is 44.2 Å². The van der Waals surface area contributed by atoms with Crippen LogP contribution in [0.4, 0.5) is 5.13 Å². The molecule has 6 heteroatoms. The zero-order valence-corrected chi connectivity index (χ0v) is 11.9. The number of benzene rings is 1. The number of nitrogens with one attached hydrogen (secondary N) is 1. The van der Waals surface area contributed by atoms with Crippen LogP contribution >= 0.6 is 22.9 Å². The van der Waals surface area contributed by atoms with Crippen LogP contribution in [0.5, 0.6) is 0 Å². The van der Waals surface area contributed by atoms with Crippen molar-refractivity contribution in [3.05, 3.63) is 53.9 Å². The Morgan fingerprint density at radius 2 is 2.10 bits per heavy atom. The molecule has 0 saturated heterocycles. The Morgan fingerprint density at radius 1 is 1.30 bits per heavy atom. The number of hydrogen-bond acceptors (Lipinski definition) is 4. The van der Waals surface area contributed by atoms with Gasteiger partial charge in [0.05, 0.1) is 22.5 Å². The molecule has 0 saturated carbocycles. The van der Waals surface area contributed by atoms with E-state index in [0.29, 0.717) is 16.6 Å². The number of nitrogens with zero attached hydrogens (tertiary/aromatic N) is 2. The fourth-order valence-corrected chi connectivity index (χ4v) is 2.80. The molecule has 0 aliphatic carbocycles. The number of thiazole rings is 1. The fourth-order valence-electron chi connectivity index (χ4n) is 1.76. The number of fused-ring (bicyclic) bond motifs is 1. The summed E-state index contributed by atoms with van der Waals surface area (Å²) in [6.07, 6.45) is 1.67. The largest absolute Gasteiger partial charge is 0.298 e. The zero-order chi connectivity index (χ0) is 13.9. The van der Waals surface area contributed by atoms with Gasteiger partial charge in [0.25, 0.3) is 5.91 Å². The number of pyridine rings is 1. The third kappa shape index (κ3) is 2.64. The summed E-state index contributed by atoms with van der Waals surface area (Å²) in [6.45, 7) is 0. The molecule has 2 aromatic heterocycles. The first-order valence-corrected chi connectivity index (χ1v) is 7.29. The Hall–Kier alpha value is -1.98. The van der Waals surface area contributed by atoms with E-state index >= 15 is 0 Å². The van der Waals surface area contributed by atoms with Crippen LogP contribution in [0, 0.1) is 0 Å². The van der Waals surface area contributed by atoms with Crippen molar-refractivity contribution in [2.75, 3.05) is 5.32 Å². The second kappa shape index (κ2) is 5.56. The molecular formula is C14H10ClN3OS. The number of carbonyl (C=O) groups is 1. The summed E-state index contributed by atoms with van der Waals surface area (Å²) in [5, 5.41) is 3.35. The lowest BCUT2D eigenvalue weighted by Crippen LogP contribution is -2.11. The van der Waals surface area contributed by atoms with Crippen LogP contribution in [0.15, 0.2) is 42.6 Å². The Kier molecular flexibility index (Phi) is 3.62. The van der Waals surface area contributed by atoms with Gasteiger partial charge >= 0.3 is 0 Å². The van der Waals surface area contributed by atoms with Crippen molar-refractivity contribution in [2.45, 2.75) is 5.88 Å². The van der Waals surface area contributed by atoms with Gasteiger partial charge in [-0.25, -0.2) is 4.98 Å². The molecule has 0 bridgehead atoms. The minimum absolute atomic E-state index is 0.171. The second-order valence-corrected chi connectivity index (χ2v) is 5.41. The minimum Gasteiger partial charge on any atom is -0.298 e. The molecule has 1 amide bonds. The van der Waals surface area contributed by atoms with Crippen LogP contribution in [0.25, 0.3) is 10.2 Å². The van der Waals surface area contributed by atoms with Crippen LogP contribution < -0.4 is 5.32 Å². The van der Waals surface area contributed by atoms with Crippen molar-refractivity contribution in [1.82, 2.24) is 9.97 Å². The van der Waals surface area contributed by atoms with E-state index in [-0.39, 0.29) is 5.91 Å². The van der Waals surface area contributed by atoms with Gasteiger partial charge in [-0.2, -0.15) is 0 Å². The van der Waals surface area contributed by atoms with Crippen molar-refractivity contribution < 1.29 is 4.79 Å². The van der Waals surface area contributed by atoms with E-state index in [1.807, 2.05) is 24.3 Å². The van der Waals surface area contributed by atoms with Crippen LogP contribution in [0.1, 0.15) is 16.1 Å². The van der Waals surface area contributed by atoms with Crippen molar-refractivity contribution in [2.24, 2.45) is 0 Å². The minimum atomic E-state index is -0.171. The zero-order valence-electron chi connectivity index (χ0n) is 10.3. The van der Waals surface area contributed by atoms with Gasteiger partial charge in [-0.3, -0.25) is 15.1 Å². The molecule has 0 radical (unpaired) electrons. The summed E-state index contributed by atoms with van der Waals surface area (Å²) in [5.41, 5.74) is 2.15. The highest BCUT2D eigenvalue weighted by Gasteiger charge is 2.10. The number of halogens is 1. The number of carbonyl (C=O) groups excluding carboxylic acids is 1. The number of hydrogen-bond donors (Lipinski definition) is 1. The molecule has 4 nitrogen and oxygen atoms in total. The van der Waals surface area contributed by atoms with E-state index < -0.39 is 0 Å². The van der Waals surface area contributed by atoms with Gasteiger partial charge in [0.1, 0.15) is 5.52 Å². The molecule has 0 aliphatic rings. The predicted octanol–water partition coefficient (Wildman–Crippen LogP) is 3.68. The van der Waals surface area contributed by atoms with Crippen molar-refractivity contribution in [3.63, 3.8) is 0 Å². The van der Waals surface area contributed by atoms with Gasteiger partial charge in [-0.1, -0.05) is 29.5 Å². The standard InChI is InChI=1S/C14H10ClN3OS/c15-7-10-6-12-11(8-16-10)17-14(20-12)18-13(19)9-4-2-1-3-5-9/h1-6,8H,7H2,(H,17,18,19). The van der Waals surface area contributed by atoms with E-state index in [1.54, 1.807) is 18.3 Å². The first-order valence-electron chi connectivity index (χ1n) is 5.94. The smallest absolute Gasteiger partial charge is 0.257 e. The summed E-state index contributed by atoms with van der Waals surface area (Å²) < 4.78 is 0.957. The Balaban J connectivity index is 1.86. The van der Waals surface area contributed by atoms with Crippen LogP contribution in [-0.2, 0) is 5.88 Å². The molecule has 1 N–H and O–H groups in total. The number of amides is 1. The van der Waals surface area contributed by atoms with Gasteiger partial charge in [0.2, 0.25) is 0 Å². The summed E-state index contributed by atoms with van der Waals surface area (Å²) in [5.74, 6) is 0.190. The lowest BCUT2D eigenvalue weighted by Gasteiger charge is -2.00. The number of alkyl halides is 1. The third-order valence-electron chi connectivity index (χ3n) is 2.72. The highest BCUT2D eigenvalue weighted by Crippen LogP contribution is 2.26. The number of anilines is 1. The van der Waals surface area contributed by atoms with E-state index in [2.05, 4.69) is 15.3 Å². The average molecular weight is 304 g/mol. The maximum atomic E-state index is 12.0. The monoisotopic (exact) mass is 303 g/mol.